The maximum atomic E-state index is 6.04. The topological polar surface area (TPSA) is 61.0 Å². The molecule has 14 heavy (non-hydrogen) atoms. The van der Waals surface area contributed by atoms with Gasteiger partial charge in [-0.3, -0.25) is 0 Å². The van der Waals surface area contributed by atoms with Crippen molar-refractivity contribution >= 4 is 23.5 Å². The average Bonchev–Trinajstić information content (AvgIpc) is 2.72. The Balaban J connectivity index is 1.85. The van der Waals surface area contributed by atoms with Crippen molar-refractivity contribution in [1.82, 2.24) is 8.75 Å². The Morgan fingerprint density at radius 1 is 1.71 bits per heavy atom. The Hall–Kier alpha value is -0.170. The lowest BCUT2D eigenvalue weighted by atomic mass is 10.1. The minimum atomic E-state index is 0.0479. The summed E-state index contributed by atoms with van der Waals surface area (Å²) in [6, 6.07) is 0.0479. The fraction of sp³-hybridized carbons (Fsp3) is 0.750. The van der Waals surface area contributed by atoms with Gasteiger partial charge in [0.15, 0.2) is 0 Å². The normalized spacial score (nSPS) is 24.8. The van der Waals surface area contributed by atoms with Gasteiger partial charge >= 0.3 is 0 Å². The molecule has 1 fully saturated rings. The summed E-state index contributed by atoms with van der Waals surface area (Å²) < 4.78 is 13.7. The first kappa shape index (κ1) is 10.4. The summed E-state index contributed by atoms with van der Waals surface area (Å²) >= 11 is 3.13. The molecule has 2 heterocycles. The number of hydrogen-bond donors (Lipinski definition) is 1. The van der Waals surface area contributed by atoms with Gasteiger partial charge in [0.1, 0.15) is 0 Å². The maximum absolute atomic E-state index is 6.04. The van der Waals surface area contributed by atoms with Crippen molar-refractivity contribution in [2.24, 2.45) is 5.73 Å². The molecule has 2 rings (SSSR count). The highest BCUT2D eigenvalue weighted by atomic mass is 32.2. The zero-order chi connectivity index (χ0) is 9.80. The summed E-state index contributed by atoms with van der Waals surface area (Å²) in [6.45, 7) is 0.818. The molecule has 6 heteroatoms. The van der Waals surface area contributed by atoms with Gasteiger partial charge in [-0.15, -0.1) is 0 Å². The monoisotopic (exact) mass is 231 g/mol. The van der Waals surface area contributed by atoms with Gasteiger partial charge in [0, 0.05) is 24.0 Å². The van der Waals surface area contributed by atoms with E-state index in [1.807, 2.05) is 11.8 Å². The third kappa shape index (κ3) is 2.66. The first-order valence-corrected chi connectivity index (χ1v) is 6.46. The van der Waals surface area contributed by atoms with Gasteiger partial charge < -0.3 is 10.5 Å². The van der Waals surface area contributed by atoms with Gasteiger partial charge in [-0.1, -0.05) is 0 Å². The number of hydrogen-bond acceptors (Lipinski definition) is 6. The van der Waals surface area contributed by atoms with Gasteiger partial charge in [0.25, 0.3) is 0 Å². The molecular formula is C8H13N3OS2. The Kier molecular flexibility index (Phi) is 3.74. The molecule has 1 aliphatic heterocycles. The van der Waals surface area contributed by atoms with E-state index in [2.05, 4.69) is 8.75 Å². The van der Waals surface area contributed by atoms with E-state index in [4.69, 9.17) is 10.5 Å². The third-order valence-electron chi connectivity index (χ3n) is 2.17. The second-order valence-corrected chi connectivity index (χ2v) is 4.96. The first-order chi connectivity index (χ1) is 6.86. The van der Waals surface area contributed by atoms with Gasteiger partial charge in [-0.05, 0) is 0 Å². The molecule has 0 amide bonds. The van der Waals surface area contributed by atoms with Crippen LogP contribution < -0.4 is 5.73 Å². The average molecular weight is 231 g/mol. The van der Waals surface area contributed by atoms with Crippen LogP contribution in [0.3, 0.4) is 0 Å². The molecule has 4 nitrogen and oxygen atoms in total. The highest BCUT2D eigenvalue weighted by Crippen LogP contribution is 2.16. The van der Waals surface area contributed by atoms with E-state index in [1.165, 1.54) is 11.7 Å². The molecule has 0 aromatic carbocycles. The molecule has 0 saturated carbocycles. The van der Waals surface area contributed by atoms with E-state index in [9.17, 15) is 0 Å². The van der Waals surface area contributed by atoms with Gasteiger partial charge in [0.05, 0.1) is 36.3 Å². The fourth-order valence-corrected chi connectivity index (χ4v) is 2.80. The van der Waals surface area contributed by atoms with Crippen molar-refractivity contribution in [1.29, 1.82) is 0 Å². The number of rotatable bonds is 3. The summed E-state index contributed by atoms with van der Waals surface area (Å²) in [5, 5.41) is 0. The lowest BCUT2D eigenvalue weighted by Gasteiger charge is -2.27. The standard InChI is InChI=1S/C8H13N3OS2/c9-7(3-6-4-10-14-11-6)8-5-13-2-1-12-8/h4,7-8H,1-3,5,9H2. The Morgan fingerprint density at radius 2 is 2.64 bits per heavy atom. The van der Waals surface area contributed by atoms with E-state index < -0.39 is 0 Å². The van der Waals surface area contributed by atoms with Crippen LogP contribution >= 0.6 is 23.5 Å². The van der Waals surface area contributed by atoms with Gasteiger partial charge in [0.2, 0.25) is 0 Å². The van der Waals surface area contributed by atoms with Crippen molar-refractivity contribution in [2.75, 3.05) is 18.1 Å². The van der Waals surface area contributed by atoms with Crippen LogP contribution in [0, 0.1) is 0 Å². The number of aromatic nitrogens is 2. The van der Waals surface area contributed by atoms with Crippen LogP contribution in [0.15, 0.2) is 6.20 Å². The first-order valence-electron chi connectivity index (χ1n) is 4.57. The van der Waals surface area contributed by atoms with Crippen molar-refractivity contribution in [2.45, 2.75) is 18.6 Å². The molecule has 2 unspecified atom stereocenters. The van der Waals surface area contributed by atoms with E-state index in [0.29, 0.717) is 0 Å². The summed E-state index contributed by atoms with van der Waals surface area (Å²) in [5.41, 5.74) is 7.01. The molecule has 0 spiro atoms. The van der Waals surface area contributed by atoms with Crippen LogP contribution in [-0.4, -0.2) is 39.0 Å². The number of thioether (sulfide) groups is 1. The zero-order valence-corrected chi connectivity index (χ0v) is 9.39. The minimum Gasteiger partial charge on any atom is -0.375 e. The van der Waals surface area contributed by atoms with E-state index >= 15 is 0 Å². The maximum Gasteiger partial charge on any atom is 0.0820 e. The molecule has 0 bridgehead atoms. The SMILES string of the molecule is NC(Cc1cnsn1)C1CSCCO1. The van der Waals surface area contributed by atoms with Crippen molar-refractivity contribution < 1.29 is 4.74 Å². The number of nitrogens with zero attached hydrogens (tertiary/aromatic N) is 2. The minimum absolute atomic E-state index is 0.0479. The molecule has 1 aromatic rings. The lowest BCUT2D eigenvalue weighted by Crippen LogP contribution is -2.42. The highest BCUT2D eigenvalue weighted by Gasteiger charge is 2.22. The van der Waals surface area contributed by atoms with Crippen molar-refractivity contribution in [3.05, 3.63) is 11.9 Å². The summed E-state index contributed by atoms with van der Waals surface area (Å²) in [7, 11) is 0. The molecule has 2 atom stereocenters. The highest BCUT2D eigenvalue weighted by molar-refractivity contribution is 7.99. The largest absolute Gasteiger partial charge is 0.375 e. The van der Waals surface area contributed by atoms with E-state index in [-0.39, 0.29) is 12.1 Å². The molecule has 2 N–H and O–H groups in total. The molecule has 1 aliphatic rings. The second kappa shape index (κ2) is 5.06. The molecule has 78 valence electrons. The van der Waals surface area contributed by atoms with Crippen LogP contribution in [0.1, 0.15) is 5.69 Å². The number of ether oxygens (including phenoxy) is 1. The molecule has 0 aliphatic carbocycles. The second-order valence-electron chi connectivity index (χ2n) is 3.25. The molecule has 1 aromatic heterocycles. The predicted molar refractivity (Wildman–Crippen MR) is 58.7 cm³/mol. The lowest BCUT2D eigenvalue weighted by molar-refractivity contribution is 0.0570. The summed E-state index contributed by atoms with van der Waals surface area (Å²) in [5.74, 6) is 2.08. The van der Waals surface area contributed by atoms with Crippen LogP contribution in [-0.2, 0) is 11.2 Å². The van der Waals surface area contributed by atoms with Gasteiger partial charge in [-0.25, -0.2) is 0 Å². The number of nitrogens with two attached hydrogens (primary N) is 1. The fourth-order valence-electron chi connectivity index (χ4n) is 1.40. The Bertz CT molecular complexity index is 262. The molecule has 0 radical (unpaired) electrons. The van der Waals surface area contributed by atoms with Crippen LogP contribution in [0.5, 0.6) is 0 Å². The predicted octanol–water partition coefficient (Wildman–Crippen LogP) is 0.540. The Morgan fingerprint density at radius 3 is 3.29 bits per heavy atom. The third-order valence-corrected chi connectivity index (χ3v) is 3.71. The van der Waals surface area contributed by atoms with Crippen molar-refractivity contribution in [3.8, 4) is 0 Å². The summed E-state index contributed by atoms with van der Waals surface area (Å²) in [6.07, 6.45) is 2.72. The van der Waals surface area contributed by atoms with Crippen LogP contribution in [0.2, 0.25) is 0 Å². The van der Waals surface area contributed by atoms with Gasteiger partial charge in [-0.2, -0.15) is 20.5 Å². The van der Waals surface area contributed by atoms with E-state index in [1.54, 1.807) is 6.20 Å². The van der Waals surface area contributed by atoms with Crippen molar-refractivity contribution in [3.63, 3.8) is 0 Å². The summed E-state index contributed by atoms with van der Waals surface area (Å²) in [4.78, 5) is 0. The van der Waals surface area contributed by atoms with Crippen LogP contribution in [0.4, 0.5) is 0 Å². The molecular weight excluding hydrogens is 218 g/mol. The molecule has 1 saturated heterocycles. The van der Waals surface area contributed by atoms with E-state index in [0.717, 1.165) is 30.2 Å². The Labute approximate surface area is 91.6 Å². The zero-order valence-electron chi connectivity index (χ0n) is 7.76. The van der Waals surface area contributed by atoms with Crippen LogP contribution in [0.25, 0.3) is 0 Å². The quantitative estimate of drug-likeness (QED) is 0.822. The smallest absolute Gasteiger partial charge is 0.0820 e.